The van der Waals surface area contributed by atoms with Gasteiger partial charge in [-0.15, -0.1) is 0 Å². The lowest BCUT2D eigenvalue weighted by atomic mass is 10.1. The predicted molar refractivity (Wildman–Crippen MR) is 111 cm³/mol. The lowest BCUT2D eigenvalue weighted by Gasteiger charge is -2.12. The number of halogens is 2. The van der Waals surface area contributed by atoms with Gasteiger partial charge in [0, 0.05) is 24.4 Å². The Morgan fingerprint density at radius 1 is 1.03 bits per heavy atom. The molecule has 0 fully saturated rings. The molecule has 0 spiro atoms. The number of methoxy groups -OCH3 is 1. The summed E-state index contributed by atoms with van der Waals surface area (Å²) in [5, 5.41) is 2.79. The normalized spacial score (nSPS) is 10.6. The fraction of sp³-hybridized carbons (Fsp3) is 0.217. The Hall–Kier alpha value is -3.68. The van der Waals surface area contributed by atoms with Crippen LogP contribution in [0.3, 0.4) is 0 Å². The molecule has 3 aromatic rings. The summed E-state index contributed by atoms with van der Waals surface area (Å²) in [7, 11) is 1.38. The number of amides is 1. The maximum Gasteiger partial charge on any atom is 0.387 e. The Labute approximate surface area is 178 Å². The molecule has 162 valence electrons. The van der Waals surface area contributed by atoms with Crippen LogP contribution in [0.1, 0.15) is 21.5 Å². The fourth-order valence-corrected chi connectivity index (χ4v) is 2.85. The Balaban J connectivity index is 1.54. The van der Waals surface area contributed by atoms with Gasteiger partial charge in [0.1, 0.15) is 6.61 Å². The molecule has 31 heavy (non-hydrogen) atoms. The van der Waals surface area contributed by atoms with E-state index < -0.39 is 6.61 Å². The number of rotatable bonds is 10. The number of aromatic nitrogens is 1. The summed E-state index contributed by atoms with van der Waals surface area (Å²) < 4.78 is 40.2. The molecule has 1 N–H and O–H groups in total. The minimum Gasteiger partial charge on any atom is -0.493 e. The summed E-state index contributed by atoms with van der Waals surface area (Å²) in [4.78, 5) is 16.6. The lowest BCUT2D eigenvalue weighted by molar-refractivity contribution is -0.0512. The van der Waals surface area contributed by atoms with Crippen LogP contribution in [0.4, 0.5) is 8.78 Å². The van der Waals surface area contributed by atoms with Crippen molar-refractivity contribution in [1.29, 1.82) is 0 Å². The molecular formula is C23H22F2N2O4. The number of ether oxygens (including phenoxy) is 3. The third kappa shape index (κ3) is 6.67. The maximum atomic E-state index is 12.5. The van der Waals surface area contributed by atoms with Crippen molar-refractivity contribution < 1.29 is 27.8 Å². The Kier molecular flexibility index (Phi) is 7.75. The first-order valence-corrected chi connectivity index (χ1v) is 9.58. The van der Waals surface area contributed by atoms with Crippen LogP contribution in [0.5, 0.6) is 17.4 Å². The largest absolute Gasteiger partial charge is 0.493 e. The zero-order valence-corrected chi connectivity index (χ0v) is 16.9. The van der Waals surface area contributed by atoms with Gasteiger partial charge in [-0.2, -0.15) is 8.78 Å². The van der Waals surface area contributed by atoms with Gasteiger partial charge in [-0.1, -0.05) is 36.4 Å². The Morgan fingerprint density at radius 3 is 2.58 bits per heavy atom. The second kappa shape index (κ2) is 10.9. The van der Waals surface area contributed by atoms with Crippen molar-refractivity contribution in [2.45, 2.75) is 19.6 Å². The van der Waals surface area contributed by atoms with E-state index in [1.807, 2.05) is 30.3 Å². The van der Waals surface area contributed by atoms with E-state index in [0.29, 0.717) is 31.0 Å². The van der Waals surface area contributed by atoms with Crippen LogP contribution in [-0.4, -0.2) is 31.2 Å². The highest BCUT2D eigenvalue weighted by Gasteiger charge is 2.12. The van der Waals surface area contributed by atoms with Crippen LogP contribution in [0.15, 0.2) is 66.9 Å². The van der Waals surface area contributed by atoms with Crippen molar-refractivity contribution in [3.63, 3.8) is 0 Å². The number of alkyl halides is 2. The number of carbonyl (C=O) groups is 1. The molecule has 0 aliphatic carbocycles. The third-order valence-corrected chi connectivity index (χ3v) is 4.37. The number of pyridine rings is 1. The molecule has 0 saturated carbocycles. The van der Waals surface area contributed by atoms with Crippen molar-refractivity contribution in [2.75, 3.05) is 13.7 Å². The first-order valence-electron chi connectivity index (χ1n) is 9.58. The first-order chi connectivity index (χ1) is 15.0. The summed E-state index contributed by atoms with van der Waals surface area (Å²) in [5.74, 6) is 0.230. The van der Waals surface area contributed by atoms with Crippen LogP contribution < -0.4 is 19.5 Å². The average Bonchev–Trinajstić information content (AvgIpc) is 2.78. The molecular weight excluding hydrogens is 406 g/mol. The maximum absolute atomic E-state index is 12.5. The van der Waals surface area contributed by atoms with Crippen LogP contribution in [0.2, 0.25) is 0 Å². The van der Waals surface area contributed by atoms with Gasteiger partial charge >= 0.3 is 6.61 Å². The summed E-state index contributed by atoms with van der Waals surface area (Å²) in [6, 6.07) is 17.5. The molecule has 0 saturated heterocycles. The monoisotopic (exact) mass is 428 g/mol. The van der Waals surface area contributed by atoms with Crippen LogP contribution >= 0.6 is 0 Å². The van der Waals surface area contributed by atoms with E-state index in [0.717, 1.165) is 11.1 Å². The Morgan fingerprint density at radius 2 is 1.84 bits per heavy atom. The molecule has 0 unspecified atom stereocenters. The zero-order chi connectivity index (χ0) is 22.1. The number of nitrogens with one attached hydrogen (secondary N) is 1. The smallest absolute Gasteiger partial charge is 0.387 e. The van der Waals surface area contributed by atoms with E-state index in [4.69, 9.17) is 9.47 Å². The number of hydrogen-bond acceptors (Lipinski definition) is 5. The lowest BCUT2D eigenvalue weighted by Crippen LogP contribution is -2.25. The molecule has 1 aromatic heterocycles. The quantitative estimate of drug-likeness (QED) is 0.523. The van der Waals surface area contributed by atoms with Crippen molar-refractivity contribution in [3.05, 3.63) is 83.6 Å². The molecule has 0 radical (unpaired) electrons. The molecule has 3 rings (SSSR count). The SMILES string of the molecule is COc1ccc(CCNC(=O)c2ccnc(OCc3ccccc3)c2)cc1OC(F)F. The van der Waals surface area contributed by atoms with E-state index in [1.165, 1.54) is 19.4 Å². The van der Waals surface area contributed by atoms with E-state index >= 15 is 0 Å². The number of nitrogens with zero attached hydrogens (tertiary/aromatic N) is 1. The van der Waals surface area contributed by atoms with Crippen LogP contribution in [-0.2, 0) is 13.0 Å². The van der Waals surface area contributed by atoms with E-state index in [1.54, 1.807) is 24.3 Å². The highest BCUT2D eigenvalue weighted by atomic mass is 19.3. The molecule has 8 heteroatoms. The van der Waals surface area contributed by atoms with Crippen molar-refractivity contribution >= 4 is 5.91 Å². The molecule has 1 amide bonds. The molecule has 2 aromatic carbocycles. The van der Waals surface area contributed by atoms with Crippen LogP contribution in [0.25, 0.3) is 0 Å². The topological polar surface area (TPSA) is 69.7 Å². The molecule has 0 aliphatic rings. The predicted octanol–water partition coefficient (Wildman–Crippen LogP) is 4.24. The van der Waals surface area contributed by atoms with E-state index in [9.17, 15) is 13.6 Å². The van der Waals surface area contributed by atoms with Gasteiger partial charge in [-0.25, -0.2) is 4.98 Å². The van der Waals surface area contributed by atoms with Gasteiger partial charge in [0.2, 0.25) is 5.88 Å². The molecule has 0 atom stereocenters. The minimum atomic E-state index is -2.95. The molecule has 0 aliphatic heterocycles. The molecule has 0 bridgehead atoms. The highest BCUT2D eigenvalue weighted by Crippen LogP contribution is 2.29. The number of hydrogen-bond donors (Lipinski definition) is 1. The first kappa shape index (κ1) is 22.0. The second-order valence-electron chi connectivity index (χ2n) is 6.53. The van der Waals surface area contributed by atoms with Gasteiger partial charge < -0.3 is 19.5 Å². The number of carbonyl (C=O) groups excluding carboxylic acids is 1. The highest BCUT2D eigenvalue weighted by molar-refractivity contribution is 5.94. The van der Waals surface area contributed by atoms with E-state index in [-0.39, 0.29) is 17.4 Å². The molecule has 1 heterocycles. The molecule has 6 nitrogen and oxygen atoms in total. The summed E-state index contributed by atoms with van der Waals surface area (Å²) in [6.07, 6.45) is 1.93. The van der Waals surface area contributed by atoms with Gasteiger partial charge in [0.15, 0.2) is 11.5 Å². The van der Waals surface area contributed by atoms with Gasteiger partial charge in [-0.3, -0.25) is 4.79 Å². The van der Waals surface area contributed by atoms with E-state index in [2.05, 4.69) is 15.0 Å². The zero-order valence-electron chi connectivity index (χ0n) is 16.9. The standard InChI is InChI=1S/C23H22F2N2O4/c1-29-19-8-7-16(13-20(19)31-23(24)25)9-11-27-22(28)18-10-12-26-21(14-18)30-15-17-5-3-2-4-6-17/h2-8,10,12-14,23H,9,11,15H2,1H3,(H,27,28). The van der Waals surface area contributed by atoms with Crippen molar-refractivity contribution in [3.8, 4) is 17.4 Å². The fourth-order valence-electron chi connectivity index (χ4n) is 2.85. The summed E-state index contributed by atoms with van der Waals surface area (Å²) >= 11 is 0. The van der Waals surface area contributed by atoms with Gasteiger partial charge in [0.25, 0.3) is 5.91 Å². The number of benzene rings is 2. The van der Waals surface area contributed by atoms with Crippen LogP contribution in [0, 0.1) is 0 Å². The van der Waals surface area contributed by atoms with Crippen molar-refractivity contribution in [1.82, 2.24) is 10.3 Å². The summed E-state index contributed by atoms with van der Waals surface area (Å²) in [6.45, 7) is -2.30. The average molecular weight is 428 g/mol. The third-order valence-electron chi connectivity index (χ3n) is 4.37. The summed E-state index contributed by atoms with van der Waals surface area (Å²) in [5.41, 5.74) is 2.13. The minimum absolute atomic E-state index is 0.0457. The van der Waals surface area contributed by atoms with Gasteiger partial charge in [-0.05, 0) is 35.7 Å². The Bertz CT molecular complexity index is 1000. The van der Waals surface area contributed by atoms with Gasteiger partial charge in [0.05, 0.1) is 7.11 Å². The van der Waals surface area contributed by atoms with Crippen molar-refractivity contribution in [2.24, 2.45) is 0 Å². The second-order valence-corrected chi connectivity index (χ2v) is 6.53.